The van der Waals surface area contributed by atoms with Crippen LogP contribution in [0.3, 0.4) is 0 Å². The van der Waals surface area contributed by atoms with Crippen molar-refractivity contribution in [1.29, 1.82) is 0 Å². The third-order valence-corrected chi connectivity index (χ3v) is 7.71. The minimum Gasteiger partial charge on any atom is -0.441 e. The minimum absolute atomic E-state index is 0.149. The van der Waals surface area contributed by atoms with Crippen molar-refractivity contribution in [2.45, 2.75) is 64.1 Å². The number of piperidine rings is 1. The monoisotopic (exact) mass is 529 g/mol. The van der Waals surface area contributed by atoms with Crippen LogP contribution in [0.4, 0.5) is 15.0 Å². The van der Waals surface area contributed by atoms with Crippen LogP contribution in [-0.4, -0.2) is 73.9 Å². The van der Waals surface area contributed by atoms with Crippen LogP contribution in [0.2, 0.25) is 0 Å². The van der Waals surface area contributed by atoms with E-state index in [1.807, 2.05) is 11.6 Å². The molecule has 2 aliphatic rings. The number of carbonyl (C=O) groups is 2. The molecule has 1 saturated carbocycles. The number of nitrogens with one attached hydrogen (secondary N) is 2. The number of alkyl halides is 1. The zero-order valence-corrected chi connectivity index (χ0v) is 22.1. The Morgan fingerprint density at radius 3 is 2.70 bits per heavy atom. The number of nitrogens with zero attached hydrogens (tertiary/aromatic N) is 5. The predicted octanol–water partition coefficient (Wildman–Crippen LogP) is 4.14. The van der Waals surface area contributed by atoms with Crippen molar-refractivity contribution >= 4 is 34.0 Å². The van der Waals surface area contributed by atoms with Crippen molar-refractivity contribution in [2.24, 2.45) is 5.92 Å². The average molecular weight is 530 g/mol. The van der Waals surface area contributed by atoms with Crippen LogP contribution in [0.1, 0.15) is 56.9 Å². The highest BCUT2D eigenvalue weighted by molar-refractivity contribution is 7.16. The quantitative estimate of drug-likeness (QED) is 0.451. The fraction of sp³-hybridized carbons (Fsp3) is 0.560. The zero-order valence-electron chi connectivity index (χ0n) is 21.2. The molecule has 2 fully saturated rings. The van der Waals surface area contributed by atoms with Crippen LogP contribution >= 0.6 is 11.3 Å². The summed E-state index contributed by atoms with van der Waals surface area (Å²) in [6.07, 6.45) is 6.48. The van der Waals surface area contributed by atoms with Crippen LogP contribution in [0.15, 0.2) is 23.8 Å². The van der Waals surface area contributed by atoms with Gasteiger partial charge in [0, 0.05) is 42.8 Å². The number of halogens is 1. The normalized spacial score (nSPS) is 17.6. The number of likely N-dealkylation sites (tertiary alicyclic amines) is 1. The molecule has 0 aromatic carbocycles. The third-order valence-electron chi connectivity index (χ3n) is 6.82. The molecule has 10 nitrogen and oxygen atoms in total. The summed E-state index contributed by atoms with van der Waals surface area (Å²) in [4.78, 5) is 37.7. The summed E-state index contributed by atoms with van der Waals surface area (Å²) in [5.74, 6) is 1.52. The lowest BCUT2D eigenvalue weighted by Gasteiger charge is -2.33. The number of amides is 2. The van der Waals surface area contributed by atoms with Crippen LogP contribution < -0.4 is 10.6 Å². The fourth-order valence-corrected chi connectivity index (χ4v) is 5.23. The number of hydrogen-bond donors (Lipinski definition) is 2. The summed E-state index contributed by atoms with van der Waals surface area (Å²) >= 11 is 1.54. The van der Waals surface area contributed by atoms with Crippen molar-refractivity contribution in [3.63, 3.8) is 0 Å². The van der Waals surface area contributed by atoms with Crippen LogP contribution in [-0.2, 0) is 4.74 Å². The van der Waals surface area contributed by atoms with E-state index in [0.717, 1.165) is 10.4 Å². The van der Waals surface area contributed by atoms with E-state index in [-0.39, 0.29) is 18.0 Å². The molecule has 198 valence electrons. The minimum atomic E-state index is -1.17. The van der Waals surface area contributed by atoms with E-state index >= 15 is 0 Å². The van der Waals surface area contributed by atoms with E-state index in [1.165, 1.54) is 26.7 Å². The highest BCUT2D eigenvalue weighted by Gasteiger charge is 2.31. The van der Waals surface area contributed by atoms with Gasteiger partial charge in [-0.05, 0) is 52.4 Å². The maximum Gasteiger partial charge on any atom is 0.407 e. The summed E-state index contributed by atoms with van der Waals surface area (Å²) in [7, 11) is 0. The number of aromatic nitrogens is 4. The van der Waals surface area contributed by atoms with E-state index in [2.05, 4.69) is 27.6 Å². The number of anilines is 1. The largest absolute Gasteiger partial charge is 0.441 e. The molecule has 5 rings (SSSR count). The van der Waals surface area contributed by atoms with E-state index in [1.54, 1.807) is 33.0 Å². The Kier molecular flexibility index (Phi) is 7.02. The van der Waals surface area contributed by atoms with Gasteiger partial charge in [-0.3, -0.25) is 4.79 Å². The standard InChI is InChI=1S/C25H32FN7O3S/c1-15(16-4-5-16)28-20-12-19(30-21(31-20)18-13-27-33-10-11-37-23(18)33)22(34)32-8-6-17(7-9-32)29-24(35)36-25(2,3)14-26/h10-13,15-17H,4-9,14H2,1-3H3,(H,29,35)(H,28,30,31)/t15-/m0/s1. The number of ether oxygens (including phenoxy) is 1. The molecular weight excluding hydrogens is 497 g/mol. The molecule has 0 bridgehead atoms. The van der Waals surface area contributed by atoms with Crippen molar-refractivity contribution in [2.75, 3.05) is 25.1 Å². The molecule has 2 N–H and O–H groups in total. The van der Waals surface area contributed by atoms with Crippen molar-refractivity contribution < 1.29 is 18.7 Å². The summed E-state index contributed by atoms with van der Waals surface area (Å²) in [6.45, 7) is 5.33. The Morgan fingerprint density at radius 2 is 2.00 bits per heavy atom. The van der Waals surface area contributed by atoms with E-state index in [9.17, 15) is 14.0 Å². The third kappa shape index (κ3) is 5.84. The summed E-state index contributed by atoms with van der Waals surface area (Å²) in [5.41, 5.74) is -0.0649. The lowest BCUT2D eigenvalue weighted by molar-refractivity contribution is 0.0176. The molecule has 0 unspecified atom stereocenters. The highest BCUT2D eigenvalue weighted by Crippen LogP contribution is 2.34. The molecule has 2 amide bonds. The van der Waals surface area contributed by atoms with Gasteiger partial charge >= 0.3 is 6.09 Å². The number of fused-ring (bicyclic) bond motifs is 1. The molecule has 37 heavy (non-hydrogen) atoms. The smallest absolute Gasteiger partial charge is 0.407 e. The van der Waals surface area contributed by atoms with Gasteiger partial charge in [0.25, 0.3) is 5.91 Å². The van der Waals surface area contributed by atoms with Gasteiger partial charge in [-0.2, -0.15) is 5.10 Å². The van der Waals surface area contributed by atoms with Gasteiger partial charge in [0.2, 0.25) is 0 Å². The molecule has 0 radical (unpaired) electrons. The van der Waals surface area contributed by atoms with Crippen molar-refractivity contribution in [3.8, 4) is 11.4 Å². The van der Waals surface area contributed by atoms with Crippen LogP contribution in [0.5, 0.6) is 0 Å². The van der Waals surface area contributed by atoms with Gasteiger partial charge in [-0.25, -0.2) is 23.7 Å². The van der Waals surface area contributed by atoms with Gasteiger partial charge in [0.15, 0.2) is 5.82 Å². The molecule has 1 saturated heterocycles. The number of alkyl carbamates (subject to hydrolysis) is 1. The molecule has 1 atom stereocenters. The summed E-state index contributed by atoms with van der Waals surface area (Å²) < 4.78 is 19.9. The second kappa shape index (κ2) is 10.2. The average Bonchev–Trinajstić information content (AvgIpc) is 3.49. The molecule has 1 aliphatic heterocycles. The number of rotatable bonds is 8. The number of thiazole rings is 1. The first-order chi connectivity index (χ1) is 17.7. The van der Waals surface area contributed by atoms with E-state index in [0.29, 0.717) is 49.2 Å². The molecular formula is C25H32FN7O3S. The van der Waals surface area contributed by atoms with E-state index in [4.69, 9.17) is 9.72 Å². The number of hydrogen-bond acceptors (Lipinski definition) is 8. The fourth-order valence-electron chi connectivity index (χ4n) is 4.44. The molecule has 3 aromatic heterocycles. The van der Waals surface area contributed by atoms with Gasteiger partial charge in [-0.1, -0.05) is 0 Å². The molecule has 12 heteroatoms. The van der Waals surface area contributed by atoms with Gasteiger partial charge < -0.3 is 20.3 Å². The first-order valence-corrected chi connectivity index (χ1v) is 13.5. The first kappa shape index (κ1) is 25.4. The second-order valence-corrected chi connectivity index (χ2v) is 11.3. The summed E-state index contributed by atoms with van der Waals surface area (Å²) in [5, 5.41) is 12.6. The lowest BCUT2D eigenvalue weighted by Crippen LogP contribution is -2.48. The first-order valence-electron chi connectivity index (χ1n) is 12.6. The molecule has 4 heterocycles. The topological polar surface area (TPSA) is 114 Å². The molecule has 3 aromatic rings. The molecule has 0 spiro atoms. The summed E-state index contributed by atoms with van der Waals surface area (Å²) in [6, 6.07) is 1.83. The zero-order chi connectivity index (χ0) is 26.2. The predicted molar refractivity (Wildman–Crippen MR) is 138 cm³/mol. The van der Waals surface area contributed by atoms with Crippen LogP contribution in [0.25, 0.3) is 16.2 Å². The van der Waals surface area contributed by atoms with Gasteiger partial charge in [0.05, 0.1) is 11.8 Å². The maximum absolute atomic E-state index is 13.5. The second-order valence-electron chi connectivity index (χ2n) is 10.4. The van der Waals surface area contributed by atoms with Crippen molar-refractivity contribution in [3.05, 3.63) is 29.5 Å². The molecule has 1 aliphatic carbocycles. The lowest BCUT2D eigenvalue weighted by atomic mass is 10.0. The van der Waals surface area contributed by atoms with E-state index < -0.39 is 18.4 Å². The Labute approximate surface area is 218 Å². The SMILES string of the molecule is C[C@H](Nc1cc(C(=O)N2CCC(NC(=O)OC(C)(C)CF)CC2)nc(-c2cnn3ccsc23)n1)C1CC1. The Morgan fingerprint density at radius 1 is 1.24 bits per heavy atom. The maximum atomic E-state index is 13.5. The van der Waals surface area contributed by atoms with Crippen molar-refractivity contribution in [1.82, 2.24) is 29.8 Å². The highest BCUT2D eigenvalue weighted by atomic mass is 32.1. The van der Waals surface area contributed by atoms with Gasteiger partial charge in [0.1, 0.15) is 28.6 Å². The Bertz CT molecular complexity index is 1280. The van der Waals surface area contributed by atoms with Crippen LogP contribution in [0, 0.1) is 5.92 Å². The Hall–Kier alpha value is -3.28. The Balaban J connectivity index is 1.30. The van der Waals surface area contributed by atoms with Gasteiger partial charge in [-0.15, -0.1) is 11.3 Å². The number of carbonyl (C=O) groups excluding carboxylic acids is 2.